The first-order valence-electron chi connectivity index (χ1n) is 8.15. The standard InChI is InChI=1S/C18H20Cl2N2O3S/c1-2-11-21-26(24,25)15-7-3-13(4-8-15)5-10-18(23)22-17-9-6-14(19)12-16(17)20/h3-4,6-9,12,21H,2,5,10-11H2,1H3,(H,22,23). The highest BCUT2D eigenvalue weighted by Crippen LogP contribution is 2.25. The fraction of sp³-hybridized carbons (Fsp3) is 0.278. The van der Waals surface area contributed by atoms with Gasteiger partial charge in [-0.1, -0.05) is 42.3 Å². The zero-order chi connectivity index (χ0) is 19.2. The summed E-state index contributed by atoms with van der Waals surface area (Å²) in [5, 5.41) is 3.60. The summed E-state index contributed by atoms with van der Waals surface area (Å²) in [5.41, 5.74) is 1.38. The van der Waals surface area contributed by atoms with Crippen LogP contribution >= 0.6 is 23.2 Å². The van der Waals surface area contributed by atoms with Gasteiger partial charge in [0.25, 0.3) is 0 Å². The van der Waals surface area contributed by atoms with Gasteiger partial charge in [0.15, 0.2) is 0 Å². The first-order chi connectivity index (χ1) is 12.3. The molecule has 0 saturated carbocycles. The number of aryl methyl sites for hydroxylation is 1. The SMILES string of the molecule is CCCNS(=O)(=O)c1ccc(CCC(=O)Nc2ccc(Cl)cc2Cl)cc1. The van der Waals surface area contributed by atoms with Crippen molar-refractivity contribution in [1.82, 2.24) is 4.72 Å². The molecule has 0 aliphatic heterocycles. The number of hydrogen-bond acceptors (Lipinski definition) is 3. The molecule has 0 bridgehead atoms. The number of carbonyl (C=O) groups excluding carboxylic acids is 1. The second-order valence-electron chi connectivity index (χ2n) is 5.71. The van der Waals surface area contributed by atoms with Gasteiger partial charge in [-0.3, -0.25) is 4.79 Å². The molecular formula is C18H20Cl2N2O3S. The third kappa shape index (κ3) is 5.99. The quantitative estimate of drug-likeness (QED) is 0.677. The Bertz CT molecular complexity index is 869. The lowest BCUT2D eigenvalue weighted by atomic mass is 10.1. The maximum Gasteiger partial charge on any atom is 0.240 e. The summed E-state index contributed by atoms with van der Waals surface area (Å²) in [6, 6.07) is 11.4. The molecule has 140 valence electrons. The minimum atomic E-state index is -3.47. The van der Waals surface area contributed by atoms with Gasteiger partial charge in [-0.25, -0.2) is 13.1 Å². The average molecular weight is 415 g/mol. The van der Waals surface area contributed by atoms with Crippen LogP contribution in [0.4, 0.5) is 5.69 Å². The van der Waals surface area contributed by atoms with Crippen LogP contribution in [-0.4, -0.2) is 20.9 Å². The van der Waals surface area contributed by atoms with Gasteiger partial charge < -0.3 is 5.32 Å². The Labute approximate surface area is 163 Å². The fourth-order valence-electron chi connectivity index (χ4n) is 2.22. The number of halogens is 2. The molecule has 2 aromatic carbocycles. The molecule has 2 N–H and O–H groups in total. The number of hydrogen-bond donors (Lipinski definition) is 2. The van der Waals surface area contributed by atoms with Gasteiger partial charge in [0.05, 0.1) is 15.6 Å². The molecule has 0 heterocycles. The van der Waals surface area contributed by atoms with E-state index in [0.717, 1.165) is 12.0 Å². The van der Waals surface area contributed by atoms with Crippen LogP contribution in [0.1, 0.15) is 25.3 Å². The molecule has 0 aromatic heterocycles. The van der Waals surface area contributed by atoms with Crippen molar-refractivity contribution in [2.45, 2.75) is 31.1 Å². The van der Waals surface area contributed by atoms with Gasteiger partial charge in [-0.05, 0) is 48.7 Å². The Morgan fingerprint density at radius 2 is 1.77 bits per heavy atom. The molecular weight excluding hydrogens is 395 g/mol. The van der Waals surface area contributed by atoms with E-state index in [-0.39, 0.29) is 17.2 Å². The lowest BCUT2D eigenvalue weighted by molar-refractivity contribution is -0.116. The molecule has 0 unspecified atom stereocenters. The molecule has 26 heavy (non-hydrogen) atoms. The minimum absolute atomic E-state index is 0.185. The highest BCUT2D eigenvalue weighted by Gasteiger charge is 2.13. The number of nitrogens with one attached hydrogen (secondary N) is 2. The first-order valence-corrected chi connectivity index (χ1v) is 10.4. The molecule has 2 rings (SSSR count). The van der Waals surface area contributed by atoms with Crippen LogP contribution < -0.4 is 10.0 Å². The highest BCUT2D eigenvalue weighted by molar-refractivity contribution is 7.89. The Balaban J connectivity index is 1.92. The van der Waals surface area contributed by atoms with E-state index >= 15 is 0 Å². The summed E-state index contributed by atoms with van der Waals surface area (Å²) in [6.07, 6.45) is 1.46. The summed E-state index contributed by atoms with van der Waals surface area (Å²) >= 11 is 11.8. The van der Waals surface area contributed by atoms with E-state index in [0.29, 0.717) is 28.7 Å². The molecule has 8 heteroatoms. The zero-order valence-corrected chi connectivity index (χ0v) is 16.6. The van der Waals surface area contributed by atoms with E-state index in [2.05, 4.69) is 10.0 Å². The molecule has 0 aliphatic carbocycles. The van der Waals surface area contributed by atoms with E-state index in [9.17, 15) is 13.2 Å². The molecule has 0 spiro atoms. The van der Waals surface area contributed by atoms with Gasteiger partial charge >= 0.3 is 0 Å². The number of amides is 1. The van der Waals surface area contributed by atoms with Crippen molar-refractivity contribution >= 4 is 44.8 Å². The van der Waals surface area contributed by atoms with Crippen LogP contribution in [-0.2, 0) is 21.2 Å². The summed E-state index contributed by atoms with van der Waals surface area (Å²) < 4.78 is 26.6. The molecule has 5 nitrogen and oxygen atoms in total. The minimum Gasteiger partial charge on any atom is -0.325 e. The molecule has 0 radical (unpaired) electrons. The Kier molecular flexibility index (Phi) is 7.46. The lowest BCUT2D eigenvalue weighted by Crippen LogP contribution is -2.24. The van der Waals surface area contributed by atoms with Crippen LogP contribution in [0, 0.1) is 0 Å². The van der Waals surface area contributed by atoms with E-state index in [4.69, 9.17) is 23.2 Å². The molecule has 0 aliphatic rings. The molecule has 0 fully saturated rings. The van der Waals surface area contributed by atoms with Crippen molar-refractivity contribution < 1.29 is 13.2 Å². The Morgan fingerprint density at radius 1 is 1.08 bits per heavy atom. The van der Waals surface area contributed by atoms with Crippen molar-refractivity contribution in [3.05, 3.63) is 58.1 Å². The van der Waals surface area contributed by atoms with Crippen molar-refractivity contribution in [2.24, 2.45) is 0 Å². The van der Waals surface area contributed by atoms with E-state index in [1.807, 2.05) is 6.92 Å². The molecule has 0 atom stereocenters. The average Bonchev–Trinajstić information content (AvgIpc) is 2.61. The maximum absolute atomic E-state index is 12.1. The van der Waals surface area contributed by atoms with Crippen LogP contribution in [0.2, 0.25) is 10.0 Å². The van der Waals surface area contributed by atoms with E-state index in [1.54, 1.807) is 42.5 Å². The molecule has 0 saturated heterocycles. The number of benzene rings is 2. The van der Waals surface area contributed by atoms with Crippen molar-refractivity contribution in [2.75, 3.05) is 11.9 Å². The Hall–Kier alpha value is -1.60. The number of rotatable bonds is 8. The predicted molar refractivity (Wildman–Crippen MR) is 105 cm³/mol. The number of anilines is 1. The normalized spacial score (nSPS) is 11.3. The highest BCUT2D eigenvalue weighted by atomic mass is 35.5. The van der Waals surface area contributed by atoms with E-state index in [1.165, 1.54) is 0 Å². The van der Waals surface area contributed by atoms with Crippen molar-refractivity contribution in [3.8, 4) is 0 Å². The van der Waals surface area contributed by atoms with Gasteiger partial charge in [0.2, 0.25) is 15.9 Å². The summed E-state index contributed by atoms with van der Waals surface area (Å²) in [6.45, 7) is 2.30. The fourth-order valence-corrected chi connectivity index (χ4v) is 3.81. The zero-order valence-electron chi connectivity index (χ0n) is 14.3. The van der Waals surface area contributed by atoms with Crippen molar-refractivity contribution in [3.63, 3.8) is 0 Å². The number of carbonyl (C=O) groups is 1. The van der Waals surface area contributed by atoms with Gasteiger partial charge in [0.1, 0.15) is 0 Å². The van der Waals surface area contributed by atoms with Crippen LogP contribution in [0.25, 0.3) is 0 Å². The smallest absolute Gasteiger partial charge is 0.240 e. The Morgan fingerprint density at radius 3 is 2.38 bits per heavy atom. The first kappa shape index (κ1) is 20.7. The van der Waals surface area contributed by atoms with Gasteiger partial charge in [-0.15, -0.1) is 0 Å². The summed E-state index contributed by atoms with van der Waals surface area (Å²) in [4.78, 5) is 12.3. The van der Waals surface area contributed by atoms with Crippen LogP contribution in [0.3, 0.4) is 0 Å². The van der Waals surface area contributed by atoms with Crippen LogP contribution in [0.15, 0.2) is 47.4 Å². The van der Waals surface area contributed by atoms with E-state index < -0.39 is 10.0 Å². The third-order valence-corrected chi connectivity index (χ3v) is 5.65. The monoisotopic (exact) mass is 414 g/mol. The second kappa shape index (κ2) is 9.37. The van der Waals surface area contributed by atoms with Gasteiger partial charge in [-0.2, -0.15) is 0 Å². The molecule has 2 aromatic rings. The summed E-state index contributed by atoms with van der Waals surface area (Å²) in [5.74, 6) is -0.185. The van der Waals surface area contributed by atoms with Crippen LogP contribution in [0.5, 0.6) is 0 Å². The largest absolute Gasteiger partial charge is 0.325 e. The van der Waals surface area contributed by atoms with Gasteiger partial charge in [0, 0.05) is 18.0 Å². The number of sulfonamides is 1. The summed E-state index contributed by atoms with van der Waals surface area (Å²) in [7, 11) is -3.47. The molecule has 1 amide bonds. The second-order valence-corrected chi connectivity index (χ2v) is 8.32. The third-order valence-electron chi connectivity index (χ3n) is 3.62. The topological polar surface area (TPSA) is 75.3 Å². The maximum atomic E-state index is 12.1. The van der Waals surface area contributed by atoms with Crippen molar-refractivity contribution in [1.29, 1.82) is 0 Å². The lowest BCUT2D eigenvalue weighted by Gasteiger charge is -2.08. The predicted octanol–water partition coefficient (Wildman–Crippen LogP) is 4.25.